The molecule has 6 heteroatoms. The molecule has 0 radical (unpaired) electrons. The third kappa shape index (κ3) is 4.98. The van der Waals surface area contributed by atoms with Crippen molar-refractivity contribution in [3.05, 3.63) is 60.2 Å². The van der Waals surface area contributed by atoms with E-state index >= 15 is 0 Å². The van der Waals surface area contributed by atoms with E-state index in [1.165, 1.54) is 11.8 Å². The van der Waals surface area contributed by atoms with Crippen molar-refractivity contribution in [1.29, 1.82) is 0 Å². The first-order chi connectivity index (χ1) is 13.0. The predicted octanol–water partition coefficient (Wildman–Crippen LogP) is 3.72. The molecule has 0 aliphatic carbocycles. The number of anilines is 1. The number of rotatable bonds is 7. The first-order valence-corrected chi connectivity index (χ1v) is 9.74. The molecule has 2 aromatic carbocycles. The summed E-state index contributed by atoms with van der Waals surface area (Å²) < 4.78 is 5.17. The molecule has 0 unspecified atom stereocenters. The highest BCUT2D eigenvalue weighted by atomic mass is 32.2. The van der Waals surface area contributed by atoms with Gasteiger partial charge in [-0.2, -0.15) is 0 Å². The number of ketones is 1. The summed E-state index contributed by atoms with van der Waals surface area (Å²) in [6.07, 6.45) is 1.42. The summed E-state index contributed by atoms with van der Waals surface area (Å²) >= 11 is 1.39. The van der Waals surface area contributed by atoms with Crippen molar-refractivity contribution in [2.24, 2.45) is 0 Å². The van der Waals surface area contributed by atoms with Gasteiger partial charge in [0.2, 0.25) is 5.91 Å². The fourth-order valence-corrected chi connectivity index (χ4v) is 3.72. The molecule has 1 fully saturated rings. The summed E-state index contributed by atoms with van der Waals surface area (Å²) in [5, 5.41) is -0.399. The van der Waals surface area contributed by atoms with Crippen LogP contribution in [-0.4, -0.2) is 36.1 Å². The van der Waals surface area contributed by atoms with Crippen molar-refractivity contribution in [2.45, 2.75) is 29.9 Å². The van der Waals surface area contributed by atoms with Crippen LogP contribution in [0.25, 0.3) is 0 Å². The zero-order chi connectivity index (χ0) is 19.2. The molecule has 1 amide bonds. The maximum atomic E-state index is 12.3. The molecular formula is C21H21NO4S. The second-order valence-corrected chi connectivity index (χ2v) is 7.71. The maximum Gasteiger partial charge on any atom is 0.319 e. The second kappa shape index (κ2) is 8.86. The van der Waals surface area contributed by atoms with E-state index in [0.717, 1.165) is 17.0 Å². The van der Waals surface area contributed by atoms with Crippen molar-refractivity contribution < 1.29 is 19.1 Å². The van der Waals surface area contributed by atoms with Crippen LogP contribution >= 0.6 is 11.8 Å². The van der Waals surface area contributed by atoms with Crippen molar-refractivity contribution in [2.75, 3.05) is 18.1 Å². The highest BCUT2D eigenvalue weighted by Crippen LogP contribution is 2.24. The minimum absolute atomic E-state index is 0.105. The Bertz CT molecular complexity index is 820. The average Bonchev–Trinajstić information content (AvgIpc) is 3.12. The van der Waals surface area contributed by atoms with Gasteiger partial charge in [-0.3, -0.25) is 14.4 Å². The Morgan fingerprint density at radius 1 is 1.11 bits per heavy atom. The largest absolute Gasteiger partial charge is 0.456 e. The Morgan fingerprint density at radius 3 is 2.44 bits per heavy atom. The second-order valence-electron chi connectivity index (χ2n) is 6.30. The standard InChI is InChI=1S/C21H21NO4S/c1-15(27-18-6-3-2-4-7-18)21(25)26-14-19(23)16-9-11-17(12-10-16)22-13-5-8-20(22)24/h2-4,6-7,9-12,15H,5,8,13-14H2,1H3/t15-/m0/s1. The molecule has 1 heterocycles. The van der Waals surface area contributed by atoms with Gasteiger partial charge in [-0.15, -0.1) is 11.8 Å². The third-order valence-electron chi connectivity index (χ3n) is 4.31. The van der Waals surface area contributed by atoms with Crippen LogP contribution < -0.4 is 4.90 Å². The average molecular weight is 383 g/mol. The zero-order valence-electron chi connectivity index (χ0n) is 15.1. The highest BCUT2D eigenvalue weighted by Gasteiger charge is 2.22. The molecule has 0 bridgehead atoms. The third-order valence-corrected chi connectivity index (χ3v) is 5.40. The molecule has 1 aliphatic rings. The number of carbonyl (C=O) groups excluding carboxylic acids is 3. The van der Waals surface area contributed by atoms with E-state index in [-0.39, 0.29) is 18.3 Å². The lowest BCUT2D eigenvalue weighted by Crippen LogP contribution is -2.24. The first-order valence-electron chi connectivity index (χ1n) is 8.86. The minimum atomic E-state index is -0.420. The Hall–Kier alpha value is -2.60. The van der Waals surface area contributed by atoms with Crippen LogP contribution in [-0.2, 0) is 14.3 Å². The summed E-state index contributed by atoms with van der Waals surface area (Å²) in [4.78, 5) is 38.8. The van der Waals surface area contributed by atoms with Gasteiger partial charge in [-0.05, 0) is 49.7 Å². The van der Waals surface area contributed by atoms with Crippen molar-refractivity contribution in [3.8, 4) is 0 Å². The van der Waals surface area contributed by atoms with Crippen LogP contribution in [0.15, 0.2) is 59.5 Å². The number of ether oxygens (including phenoxy) is 1. The number of hydrogen-bond donors (Lipinski definition) is 0. The van der Waals surface area contributed by atoms with Crippen LogP contribution in [0, 0.1) is 0 Å². The lowest BCUT2D eigenvalue weighted by atomic mass is 10.1. The van der Waals surface area contributed by atoms with Crippen LogP contribution in [0.4, 0.5) is 5.69 Å². The zero-order valence-corrected chi connectivity index (χ0v) is 15.9. The van der Waals surface area contributed by atoms with Gasteiger partial charge in [0.1, 0.15) is 5.25 Å². The predicted molar refractivity (Wildman–Crippen MR) is 105 cm³/mol. The number of Topliss-reactive ketones (excluding diaryl/α,β-unsaturated/α-hetero) is 1. The molecule has 0 aromatic heterocycles. The van der Waals surface area contributed by atoms with Crippen LogP contribution in [0.2, 0.25) is 0 Å². The molecule has 0 saturated carbocycles. The molecule has 27 heavy (non-hydrogen) atoms. The summed E-state index contributed by atoms with van der Waals surface area (Å²) in [5.74, 6) is -0.580. The quantitative estimate of drug-likeness (QED) is 0.414. The van der Waals surface area contributed by atoms with E-state index in [4.69, 9.17) is 4.74 Å². The number of esters is 1. The Kier molecular flexibility index (Phi) is 6.29. The van der Waals surface area contributed by atoms with Gasteiger partial charge in [0.05, 0.1) is 0 Å². The normalized spacial score (nSPS) is 14.9. The molecular weight excluding hydrogens is 362 g/mol. The van der Waals surface area contributed by atoms with Crippen molar-refractivity contribution in [3.63, 3.8) is 0 Å². The first kappa shape index (κ1) is 19.2. The smallest absolute Gasteiger partial charge is 0.319 e. The fraction of sp³-hybridized carbons (Fsp3) is 0.286. The van der Waals surface area contributed by atoms with Crippen molar-refractivity contribution in [1.82, 2.24) is 0 Å². The SMILES string of the molecule is C[C@H](Sc1ccccc1)C(=O)OCC(=O)c1ccc(N2CCCC2=O)cc1. The lowest BCUT2D eigenvalue weighted by Gasteiger charge is -2.15. The highest BCUT2D eigenvalue weighted by molar-refractivity contribution is 8.00. The molecule has 1 saturated heterocycles. The van der Waals surface area contributed by atoms with Gasteiger partial charge in [-0.1, -0.05) is 18.2 Å². The van der Waals surface area contributed by atoms with Crippen LogP contribution in [0.5, 0.6) is 0 Å². The molecule has 140 valence electrons. The molecule has 3 rings (SSSR count). The van der Waals surface area contributed by atoms with E-state index < -0.39 is 11.2 Å². The van der Waals surface area contributed by atoms with E-state index in [2.05, 4.69) is 0 Å². The Morgan fingerprint density at radius 2 is 1.81 bits per heavy atom. The van der Waals surface area contributed by atoms with Gasteiger partial charge in [0.25, 0.3) is 0 Å². The monoisotopic (exact) mass is 383 g/mol. The summed E-state index contributed by atoms with van der Waals surface area (Å²) in [6, 6.07) is 16.4. The van der Waals surface area contributed by atoms with Gasteiger partial charge in [0.15, 0.2) is 12.4 Å². The van der Waals surface area contributed by atoms with Gasteiger partial charge in [-0.25, -0.2) is 0 Å². The number of thioether (sulfide) groups is 1. The molecule has 1 aliphatic heterocycles. The summed E-state index contributed by atoms with van der Waals surface area (Å²) in [6.45, 7) is 2.17. The number of carbonyl (C=O) groups is 3. The molecule has 0 spiro atoms. The van der Waals surface area contributed by atoms with Gasteiger partial charge >= 0.3 is 5.97 Å². The maximum absolute atomic E-state index is 12.3. The van der Waals surface area contributed by atoms with E-state index in [1.54, 1.807) is 36.1 Å². The number of hydrogen-bond acceptors (Lipinski definition) is 5. The minimum Gasteiger partial charge on any atom is -0.456 e. The fourth-order valence-electron chi connectivity index (χ4n) is 2.84. The van der Waals surface area contributed by atoms with Gasteiger partial charge in [0, 0.05) is 29.1 Å². The lowest BCUT2D eigenvalue weighted by molar-refractivity contribution is -0.141. The number of benzene rings is 2. The van der Waals surface area contributed by atoms with E-state index in [0.29, 0.717) is 18.5 Å². The Balaban J connectivity index is 1.51. The number of nitrogens with zero attached hydrogens (tertiary/aromatic N) is 1. The molecule has 1 atom stereocenters. The number of amides is 1. The van der Waals surface area contributed by atoms with Gasteiger partial charge < -0.3 is 9.64 Å². The molecule has 2 aromatic rings. The Labute approximate surface area is 162 Å². The molecule has 5 nitrogen and oxygen atoms in total. The molecule has 0 N–H and O–H groups in total. The van der Waals surface area contributed by atoms with Crippen LogP contribution in [0.1, 0.15) is 30.1 Å². The topological polar surface area (TPSA) is 63.7 Å². The van der Waals surface area contributed by atoms with Crippen molar-refractivity contribution >= 4 is 35.1 Å². The van der Waals surface area contributed by atoms with E-state index in [1.807, 2.05) is 30.3 Å². The summed E-state index contributed by atoms with van der Waals surface area (Å²) in [5.41, 5.74) is 1.25. The van der Waals surface area contributed by atoms with Crippen LogP contribution in [0.3, 0.4) is 0 Å². The summed E-state index contributed by atoms with van der Waals surface area (Å²) in [7, 11) is 0. The van der Waals surface area contributed by atoms with E-state index in [9.17, 15) is 14.4 Å².